The third-order valence-corrected chi connectivity index (χ3v) is 13.2. The molecule has 0 saturated heterocycles. The average Bonchev–Trinajstić information content (AvgIpc) is 3.82. The van der Waals surface area contributed by atoms with Gasteiger partial charge in [-0.3, -0.25) is 4.57 Å². The molecule has 0 bridgehead atoms. The molecule has 8 rings (SSSR count). The van der Waals surface area contributed by atoms with Crippen LogP contribution in [-0.4, -0.2) is 39.2 Å². The van der Waals surface area contributed by atoms with Crippen LogP contribution in [0.1, 0.15) is 111 Å². The van der Waals surface area contributed by atoms with Gasteiger partial charge in [0.15, 0.2) is 22.0 Å². The van der Waals surface area contributed by atoms with Crippen LogP contribution in [0.25, 0.3) is 28.5 Å². The minimum absolute atomic E-state index is 0.312. The third kappa shape index (κ3) is 18.7. The number of halogens is 2. The number of benzene rings is 7. The number of anilines is 2. The Morgan fingerprint density at radius 1 is 0.494 bits per heavy atom. The molecule has 0 radical (unpaired) electrons. The van der Waals surface area contributed by atoms with Gasteiger partial charge in [-0.05, 0) is 123 Å². The van der Waals surface area contributed by atoms with Crippen LogP contribution in [0.3, 0.4) is 0 Å². The van der Waals surface area contributed by atoms with Crippen LogP contribution in [0.5, 0.6) is 0 Å². The maximum Gasteiger partial charge on any atom is 0.169 e. The van der Waals surface area contributed by atoms with E-state index in [2.05, 4.69) is 181 Å². The second kappa shape index (κ2) is 30.2. The lowest BCUT2D eigenvalue weighted by Crippen LogP contribution is -2.12. The Hall–Kier alpha value is -6.80. The molecule has 0 aliphatic rings. The number of aromatic nitrogens is 3. The molecule has 77 heavy (non-hydrogen) atoms. The number of para-hydroxylation sites is 1. The van der Waals surface area contributed by atoms with Gasteiger partial charge in [-0.25, -0.2) is 0 Å². The Morgan fingerprint density at radius 3 is 1.36 bits per heavy atom. The Balaban J connectivity index is 0.000000210. The summed E-state index contributed by atoms with van der Waals surface area (Å²) in [6, 6.07) is 55.5. The molecule has 1 heterocycles. The standard InChI is InChI=1S/C30H35N3.C15H12Cl2N2.C15H25N.C8H11N/c1-20(2)16-25-18-22(5)19-26(17-21(3)4)28(25)33-29(24-13-8-7-9-14-24)31-32-30(33)27-15-11-10-12-23(27)6;1-11-7-5-6-10-13(11)15(17)19-18-14(16)12-8-3-2-4-9-12;1-10(2)6-13-8-12(5)9-14(15(13)16)7-11(3)4;1-9(2)8-6-4-3-5-7-8/h7-15,18-21H,16-17H2,1-6H3;2-10H,1H3;8-11H,6-7,16H2,1-5H3;3-7H,1-2H3/b;18-14-,19-15-;;. The average molecular weight is 1070 g/mol. The van der Waals surface area contributed by atoms with E-state index >= 15 is 0 Å². The van der Waals surface area contributed by atoms with Crippen molar-refractivity contribution in [1.82, 2.24) is 14.8 Å². The van der Waals surface area contributed by atoms with E-state index in [-0.39, 0.29) is 0 Å². The molecule has 0 aliphatic heterocycles. The minimum Gasteiger partial charge on any atom is -0.398 e. The van der Waals surface area contributed by atoms with Crippen molar-refractivity contribution in [2.24, 2.45) is 33.9 Å². The molecule has 1 aromatic heterocycles. The number of aryl methyl sites for hydroxylation is 4. The van der Waals surface area contributed by atoms with E-state index in [0.29, 0.717) is 34.0 Å². The van der Waals surface area contributed by atoms with Crippen LogP contribution in [0.15, 0.2) is 174 Å². The van der Waals surface area contributed by atoms with Gasteiger partial charge < -0.3 is 10.6 Å². The van der Waals surface area contributed by atoms with Crippen molar-refractivity contribution >= 4 is 44.9 Å². The first-order chi connectivity index (χ1) is 36.7. The molecule has 0 saturated carbocycles. The van der Waals surface area contributed by atoms with E-state index in [0.717, 1.165) is 70.8 Å². The van der Waals surface area contributed by atoms with Gasteiger partial charge in [-0.1, -0.05) is 241 Å². The van der Waals surface area contributed by atoms with Gasteiger partial charge in [0.25, 0.3) is 0 Å². The molecule has 0 spiro atoms. The molecule has 0 atom stereocenters. The molecular formula is C68H83Cl2N7. The van der Waals surface area contributed by atoms with Crippen molar-refractivity contribution in [3.8, 4) is 28.5 Å². The van der Waals surface area contributed by atoms with Crippen LogP contribution in [-0.2, 0) is 25.7 Å². The summed E-state index contributed by atoms with van der Waals surface area (Å²) in [5.74, 6) is 4.23. The zero-order valence-corrected chi connectivity index (χ0v) is 49.8. The van der Waals surface area contributed by atoms with E-state index in [1.807, 2.05) is 99.9 Å². The van der Waals surface area contributed by atoms with Gasteiger partial charge in [0.05, 0.1) is 5.69 Å². The maximum atomic E-state index is 6.25. The van der Waals surface area contributed by atoms with Gasteiger partial charge in [-0.2, -0.15) is 0 Å². The highest BCUT2D eigenvalue weighted by molar-refractivity contribution is 6.71. The molecule has 0 aliphatic carbocycles. The van der Waals surface area contributed by atoms with E-state index in [1.165, 1.54) is 50.3 Å². The topological polar surface area (TPSA) is 84.7 Å². The highest BCUT2D eigenvalue weighted by Gasteiger charge is 2.24. The predicted octanol–water partition coefficient (Wildman–Crippen LogP) is 17.9. The molecule has 404 valence electrons. The number of hydrogen-bond acceptors (Lipinski definition) is 6. The number of nitrogens with zero attached hydrogens (tertiary/aromatic N) is 6. The monoisotopic (exact) mass is 1070 g/mol. The molecule has 7 aromatic carbocycles. The summed E-state index contributed by atoms with van der Waals surface area (Å²) in [5, 5.41) is 18.1. The second-order valence-electron chi connectivity index (χ2n) is 21.9. The number of hydrogen-bond donors (Lipinski definition) is 1. The quantitative estimate of drug-likeness (QED) is 0.0630. The van der Waals surface area contributed by atoms with E-state index in [4.69, 9.17) is 39.1 Å². The first-order valence-electron chi connectivity index (χ1n) is 27.1. The number of rotatable bonds is 15. The van der Waals surface area contributed by atoms with E-state index in [9.17, 15) is 0 Å². The lowest BCUT2D eigenvalue weighted by atomic mass is 9.91. The zero-order valence-electron chi connectivity index (χ0n) is 48.2. The predicted molar refractivity (Wildman–Crippen MR) is 335 cm³/mol. The normalized spacial score (nSPS) is 11.5. The Bertz CT molecular complexity index is 3070. The van der Waals surface area contributed by atoms with Crippen LogP contribution in [0.4, 0.5) is 11.4 Å². The summed E-state index contributed by atoms with van der Waals surface area (Å²) in [5.41, 5.74) is 23.9. The van der Waals surface area contributed by atoms with Crippen molar-refractivity contribution in [2.45, 2.75) is 109 Å². The molecule has 8 aromatic rings. The van der Waals surface area contributed by atoms with Gasteiger partial charge in [0.2, 0.25) is 0 Å². The second-order valence-corrected chi connectivity index (χ2v) is 22.6. The molecular weight excluding hydrogens is 986 g/mol. The van der Waals surface area contributed by atoms with Crippen LogP contribution >= 0.6 is 23.2 Å². The van der Waals surface area contributed by atoms with Crippen molar-refractivity contribution in [1.29, 1.82) is 0 Å². The molecule has 9 heteroatoms. The van der Waals surface area contributed by atoms with Gasteiger partial charge in [-0.15, -0.1) is 20.4 Å². The van der Waals surface area contributed by atoms with Crippen LogP contribution in [0, 0.1) is 51.4 Å². The Morgan fingerprint density at radius 2 is 0.896 bits per heavy atom. The fourth-order valence-electron chi connectivity index (χ4n) is 9.16. The Labute approximate surface area is 472 Å². The fourth-order valence-corrected chi connectivity index (χ4v) is 9.57. The number of nitrogen functional groups attached to an aromatic ring is 1. The first-order valence-corrected chi connectivity index (χ1v) is 27.9. The summed E-state index contributed by atoms with van der Waals surface area (Å²) >= 11 is 12.2. The lowest BCUT2D eigenvalue weighted by molar-refractivity contribution is 0.631. The molecule has 7 nitrogen and oxygen atoms in total. The lowest BCUT2D eigenvalue weighted by Gasteiger charge is -2.22. The molecule has 2 N–H and O–H groups in total. The summed E-state index contributed by atoms with van der Waals surface area (Å²) in [4.78, 5) is 2.08. The third-order valence-electron chi connectivity index (χ3n) is 12.6. The molecule has 0 unspecified atom stereocenters. The highest BCUT2D eigenvalue weighted by atomic mass is 35.5. The van der Waals surface area contributed by atoms with E-state index < -0.39 is 0 Å². The van der Waals surface area contributed by atoms with Crippen molar-refractivity contribution in [3.63, 3.8) is 0 Å². The smallest absolute Gasteiger partial charge is 0.169 e. The van der Waals surface area contributed by atoms with Crippen molar-refractivity contribution in [2.75, 3.05) is 24.7 Å². The van der Waals surface area contributed by atoms with Gasteiger partial charge in [0.1, 0.15) is 0 Å². The van der Waals surface area contributed by atoms with Crippen molar-refractivity contribution < 1.29 is 0 Å². The van der Waals surface area contributed by atoms with Crippen LogP contribution in [0.2, 0.25) is 0 Å². The summed E-state index contributed by atoms with van der Waals surface area (Å²) < 4.78 is 2.33. The largest absolute Gasteiger partial charge is 0.398 e. The summed E-state index contributed by atoms with van der Waals surface area (Å²) in [7, 11) is 4.07. The fraction of sp³-hybridized carbons (Fsp3) is 0.324. The summed E-state index contributed by atoms with van der Waals surface area (Å²) in [6.45, 7) is 26.6. The SMILES string of the molecule is CN(C)c1ccccc1.Cc1cc(CC(C)C)c(-n2c(-c3ccccc3)nnc2-c2ccccc2C)c(CC(C)C)c1.Cc1cc(CC(C)C)c(N)c(CC(C)C)c1.Cc1ccccc1/C(Cl)=N/N=C(\Cl)c1ccccc1. The Kier molecular flexibility index (Phi) is 24.0. The van der Waals surface area contributed by atoms with E-state index in [1.54, 1.807) is 0 Å². The highest BCUT2D eigenvalue weighted by Crippen LogP contribution is 2.36. The van der Waals surface area contributed by atoms with Crippen LogP contribution < -0.4 is 10.6 Å². The van der Waals surface area contributed by atoms with Gasteiger partial charge in [0, 0.05) is 47.7 Å². The van der Waals surface area contributed by atoms with Crippen molar-refractivity contribution in [3.05, 3.63) is 219 Å². The maximum absolute atomic E-state index is 6.25. The summed E-state index contributed by atoms with van der Waals surface area (Å²) in [6.07, 6.45) is 4.20. The minimum atomic E-state index is 0.312. The first kappa shape index (κ1) is 61.1. The molecule has 0 fully saturated rings. The van der Waals surface area contributed by atoms with Gasteiger partial charge >= 0.3 is 0 Å². The molecule has 0 amide bonds. The zero-order chi connectivity index (χ0) is 56.2. The number of nitrogens with two attached hydrogens (primary N) is 1.